The highest BCUT2D eigenvalue weighted by molar-refractivity contribution is 6.33. The lowest BCUT2D eigenvalue weighted by Crippen LogP contribution is -2.44. The second-order valence-corrected chi connectivity index (χ2v) is 10.2. The van der Waals surface area contributed by atoms with E-state index in [2.05, 4.69) is 49.2 Å². The second-order valence-electron chi connectivity index (χ2n) is 9.81. The molecule has 3 aromatic heterocycles. The topological polar surface area (TPSA) is 92.1 Å². The third kappa shape index (κ3) is 5.13. The predicted molar refractivity (Wildman–Crippen MR) is 160 cm³/mol. The van der Waals surface area contributed by atoms with Gasteiger partial charge in [0.25, 0.3) is 5.56 Å². The Kier molecular flexibility index (Phi) is 7.15. The van der Waals surface area contributed by atoms with Crippen LogP contribution in [0.25, 0.3) is 33.5 Å². The van der Waals surface area contributed by atoms with Crippen LogP contribution in [0.4, 0.5) is 17.3 Å². The fraction of sp³-hybridized carbons (Fsp3) is 0.233. The maximum absolute atomic E-state index is 13.6. The van der Waals surface area contributed by atoms with Crippen LogP contribution < -0.4 is 15.8 Å². The number of aromatic nitrogens is 5. The predicted octanol–water partition coefficient (Wildman–Crippen LogP) is 5.08. The lowest BCUT2D eigenvalue weighted by Gasteiger charge is -2.34. The summed E-state index contributed by atoms with van der Waals surface area (Å²) in [4.78, 5) is 36.1. The first kappa shape index (κ1) is 25.9. The van der Waals surface area contributed by atoms with Crippen LogP contribution >= 0.6 is 11.6 Å². The number of nitrogens with one attached hydrogen (secondary N) is 1. The van der Waals surface area contributed by atoms with Gasteiger partial charge in [-0.3, -0.25) is 9.36 Å². The number of piperazine rings is 1. The van der Waals surface area contributed by atoms with Gasteiger partial charge in [0.2, 0.25) is 5.95 Å². The minimum atomic E-state index is -0.165. The van der Waals surface area contributed by atoms with Crippen LogP contribution in [0, 0.1) is 0 Å². The Hall–Kier alpha value is -4.34. The number of halogens is 1. The van der Waals surface area contributed by atoms with E-state index < -0.39 is 0 Å². The summed E-state index contributed by atoms with van der Waals surface area (Å²) in [6, 6.07) is 17.3. The van der Waals surface area contributed by atoms with Crippen molar-refractivity contribution < 1.29 is 0 Å². The molecule has 0 radical (unpaired) electrons. The van der Waals surface area contributed by atoms with Crippen molar-refractivity contribution in [2.24, 2.45) is 0 Å². The summed E-state index contributed by atoms with van der Waals surface area (Å²) in [7, 11) is 2.15. The number of aryl methyl sites for hydroxylation is 1. The molecule has 0 saturated carbocycles. The molecule has 1 fully saturated rings. The van der Waals surface area contributed by atoms with Gasteiger partial charge in [-0.05, 0) is 56.4 Å². The van der Waals surface area contributed by atoms with E-state index >= 15 is 0 Å². The van der Waals surface area contributed by atoms with Gasteiger partial charge >= 0.3 is 0 Å². The van der Waals surface area contributed by atoms with Crippen LogP contribution in [-0.2, 0) is 6.54 Å². The standard InChI is InChI=1S/C30H29ClN8O/c1-3-39-28-21(17-25(29(39)40)24-10-5-20(18-26(24)31)27-32-11-4-12-33-27)19-34-30(36-28)35-22-6-8-23(9-7-22)38-15-13-37(2)14-16-38/h4-12,17-19H,3,13-16H2,1-2H3,(H,34,35,36). The van der Waals surface area contributed by atoms with Gasteiger partial charge in [-0.2, -0.15) is 4.98 Å². The minimum Gasteiger partial charge on any atom is -0.369 e. The molecule has 4 heterocycles. The molecule has 1 aliphatic rings. The molecule has 1 N–H and O–H groups in total. The quantitative estimate of drug-likeness (QED) is 0.312. The monoisotopic (exact) mass is 552 g/mol. The molecular weight excluding hydrogens is 524 g/mol. The van der Waals surface area contributed by atoms with Gasteiger partial charge < -0.3 is 15.1 Å². The molecule has 0 unspecified atom stereocenters. The van der Waals surface area contributed by atoms with Crippen molar-refractivity contribution >= 4 is 40.0 Å². The van der Waals surface area contributed by atoms with Gasteiger partial charge in [-0.1, -0.05) is 23.7 Å². The van der Waals surface area contributed by atoms with Crippen LogP contribution in [0.1, 0.15) is 6.92 Å². The number of rotatable bonds is 6. The number of hydrogen-bond donors (Lipinski definition) is 1. The van der Waals surface area contributed by atoms with E-state index in [1.54, 1.807) is 41.4 Å². The fourth-order valence-electron chi connectivity index (χ4n) is 4.98. The zero-order valence-electron chi connectivity index (χ0n) is 22.4. The van der Waals surface area contributed by atoms with Gasteiger partial charge in [0.1, 0.15) is 5.65 Å². The SMILES string of the molecule is CCn1c(=O)c(-c2ccc(-c3ncccn3)cc2Cl)cc2cnc(Nc3ccc(N4CCN(C)CC4)cc3)nc21. The average Bonchev–Trinajstić information content (AvgIpc) is 2.98. The first-order chi connectivity index (χ1) is 19.5. The van der Waals surface area contributed by atoms with E-state index in [0.29, 0.717) is 40.1 Å². The molecule has 1 aliphatic heterocycles. The highest BCUT2D eigenvalue weighted by Crippen LogP contribution is 2.31. The van der Waals surface area contributed by atoms with Crippen molar-refractivity contribution in [3.8, 4) is 22.5 Å². The lowest BCUT2D eigenvalue weighted by molar-refractivity contribution is 0.313. The Morgan fingerprint density at radius 1 is 0.925 bits per heavy atom. The number of likely N-dealkylation sites (N-methyl/N-ethyl adjacent to an activating group) is 1. The van der Waals surface area contributed by atoms with E-state index in [4.69, 9.17) is 16.6 Å². The Morgan fingerprint density at radius 2 is 1.68 bits per heavy atom. The largest absolute Gasteiger partial charge is 0.369 e. The molecule has 40 heavy (non-hydrogen) atoms. The van der Waals surface area contributed by atoms with Crippen LogP contribution in [0.2, 0.25) is 5.02 Å². The number of hydrogen-bond acceptors (Lipinski definition) is 8. The van der Waals surface area contributed by atoms with Crippen molar-refractivity contribution in [1.29, 1.82) is 0 Å². The molecule has 6 rings (SSSR count). The van der Waals surface area contributed by atoms with E-state index in [-0.39, 0.29) is 5.56 Å². The van der Waals surface area contributed by atoms with Crippen LogP contribution in [0.3, 0.4) is 0 Å². The van der Waals surface area contributed by atoms with Crippen LogP contribution in [0.15, 0.2) is 78.0 Å². The van der Waals surface area contributed by atoms with Gasteiger partial charge in [-0.25, -0.2) is 15.0 Å². The molecule has 0 atom stereocenters. The van der Waals surface area contributed by atoms with E-state index in [1.165, 1.54) is 5.69 Å². The number of benzene rings is 2. The average molecular weight is 553 g/mol. The van der Waals surface area contributed by atoms with Gasteiger partial charge in [0.05, 0.1) is 0 Å². The maximum Gasteiger partial charge on any atom is 0.260 e. The van der Waals surface area contributed by atoms with Crippen LogP contribution in [0.5, 0.6) is 0 Å². The molecule has 202 valence electrons. The lowest BCUT2D eigenvalue weighted by atomic mass is 10.0. The van der Waals surface area contributed by atoms with E-state index in [0.717, 1.165) is 42.8 Å². The van der Waals surface area contributed by atoms with Crippen molar-refractivity contribution in [2.75, 3.05) is 43.4 Å². The van der Waals surface area contributed by atoms with Crippen molar-refractivity contribution in [3.63, 3.8) is 0 Å². The molecule has 0 spiro atoms. The van der Waals surface area contributed by atoms with Gasteiger partial charge in [0.15, 0.2) is 5.82 Å². The summed E-state index contributed by atoms with van der Waals surface area (Å²) in [6.45, 7) is 6.54. The fourth-order valence-corrected chi connectivity index (χ4v) is 5.26. The Bertz CT molecular complexity index is 1710. The second kappa shape index (κ2) is 11.0. The smallest absolute Gasteiger partial charge is 0.260 e. The number of pyridine rings is 1. The van der Waals surface area contributed by atoms with Crippen molar-refractivity contribution in [2.45, 2.75) is 13.5 Å². The molecule has 5 aromatic rings. The molecular formula is C30H29ClN8O. The first-order valence-electron chi connectivity index (χ1n) is 13.3. The maximum atomic E-state index is 13.6. The third-order valence-corrected chi connectivity index (χ3v) is 7.53. The van der Waals surface area contributed by atoms with Gasteiger partial charge in [0, 0.05) is 89.8 Å². The molecule has 0 bridgehead atoms. The Labute approximate surface area is 237 Å². The van der Waals surface area contributed by atoms with Crippen LogP contribution in [-0.4, -0.2) is 62.6 Å². The Balaban J connectivity index is 1.28. The number of fused-ring (bicyclic) bond motifs is 1. The summed E-state index contributed by atoms with van der Waals surface area (Å²) in [5.41, 5.74) is 4.39. The Morgan fingerprint density at radius 3 is 2.38 bits per heavy atom. The summed E-state index contributed by atoms with van der Waals surface area (Å²) < 4.78 is 1.65. The third-order valence-electron chi connectivity index (χ3n) is 7.22. The molecule has 10 heteroatoms. The molecule has 2 aromatic carbocycles. The van der Waals surface area contributed by atoms with E-state index in [9.17, 15) is 4.79 Å². The normalized spacial score (nSPS) is 14.0. The first-order valence-corrected chi connectivity index (χ1v) is 13.7. The summed E-state index contributed by atoms with van der Waals surface area (Å²) >= 11 is 6.66. The van der Waals surface area contributed by atoms with E-state index in [1.807, 2.05) is 31.2 Å². The number of anilines is 3. The zero-order chi connectivity index (χ0) is 27.6. The summed E-state index contributed by atoms with van der Waals surface area (Å²) in [6.07, 6.45) is 5.10. The van der Waals surface area contributed by atoms with Crippen molar-refractivity contribution in [3.05, 3.63) is 88.6 Å². The van der Waals surface area contributed by atoms with Crippen molar-refractivity contribution in [1.82, 2.24) is 29.4 Å². The highest BCUT2D eigenvalue weighted by Gasteiger charge is 2.17. The molecule has 9 nitrogen and oxygen atoms in total. The summed E-state index contributed by atoms with van der Waals surface area (Å²) in [5.74, 6) is 1.00. The molecule has 0 aliphatic carbocycles. The zero-order valence-corrected chi connectivity index (χ0v) is 23.1. The molecule has 0 amide bonds. The van der Waals surface area contributed by atoms with Gasteiger partial charge in [-0.15, -0.1) is 0 Å². The summed E-state index contributed by atoms with van der Waals surface area (Å²) in [5, 5.41) is 4.48. The molecule has 1 saturated heterocycles. The number of nitrogens with zero attached hydrogens (tertiary/aromatic N) is 7. The highest BCUT2D eigenvalue weighted by atomic mass is 35.5. The minimum absolute atomic E-state index is 0.165.